The van der Waals surface area contributed by atoms with Gasteiger partial charge >= 0.3 is 0 Å². The molecule has 0 fully saturated rings. The van der Waals surface area contributed by atoms with Gasteiger partial charge in [0.15, 0.2) is 11.5 Å². The number of ketones is 1. The van der Waals surface area contributed by atoms with Gasteiger partial charge in [0.05, 0.1) is 0 Å². The molecule has 0 saturated heterocycles. The van der Waals surface area contributed by atoms with E-state index >= 15 is 0 Å². The Kier molecular flexibility index (Phi) is 1.70. The minimum Gasteiger partial charge on any atom is -0.290 e. The van der Waals surface area contributed by atoms with Crippen LogP contribution in [0, 0.1) is 0 Å². The third-order valence-electron chi connectivity index (χ3n) is 2.20. The van der Waals surface area contributed by atoms with Gasteiger partial charge < -0.3 is 0 Å². The van der Waals surface area contributed by atoms with E-state index in [1.807, 2.05) is 0 Å². The number of allylic oxidation sites excluding steroid dienone is 4. The van der Waals surface area contributed by atoms with E-state index in [-0.39, 0.29) is 5.78 Å². The first-order valence-corrected chi connectivity index (χ1v) is 3.55. The Morgan fingerprint density at radius 2 is 1.64 bits per heavy atom. The van der Waals surface area contributed by atoms with E-state index in [4.69, 9.17) is 0 Å². The molecule has 0 aromatic carbocycles. The Hall–Kier alpha value is -0.920. The van der Waals surface area contributed by atoms with Crippen molar-refractivity contribution in [2.75, 3.05) is 0 Å². The Morgan fingerprint density at radius 1 is 1.27 bits per heavy atom. The first-order valence-electron chi connectivity index (χ1n) is 3.55. The second kappa shape index (κ2) is 2.29. The topological polar surface area (TPSA) is 17.1 Å². The van der Waals surface area contributed by atoms with Gasteiger partial charge in [-0.2, -0.15) is 0 Å². The quantitative estimate of drug-likeness (QED) is 0.522. The number of carbonyl (C=O) groups excluding carboxylic acids is 1. The van der Waals surface area contributed by atoms with E-state index in [0.29, 0.717) is 11.1 Å². The minimum absolute atomic E-state index is 0.116. The Bertz CT molecular complexity index is 235. The van der Waals surface area contributed by atoms with Crippen molar-refractivity contribution in [3.05, 3.63) is 23.3 Å². The summed E-state index contributed by atoms with van der Waals surface area (Å²) in [5, 5.41) is 0. The third-order valence-corrected chi connectivity index (χ3v) is 2.20. The third kappa shape index (κ3) is 1.25. The molecule has 60 valence electrons. The fourth-order valence-corrected chi connectivity index (χ4v) is 1.05. The standard InChI is InChI=1S/C9H11FO/c1-6-4-8(11)5-7(2)9(6,3)10/h4-5H,1-3H3. The first-order chi connectivity index (χ1) is 4.94. The molecule has 1 aliphatic rings. The average Bonchev–Trinajstić information content (AvgIpc) is 1.84. The van der Waals surface area contributed by atoms with Crippen LogP contribution in [-0.4, -0.2) is 11.5 Å². The zero-order valence-corrected chi connectivity index (χ0v) is 6.94. The van der Waals surface area contributed by atoms with Crippen LogP contribution < -0.4 is 0 Å². The molecule has 0 N–H and O–H groups in total. The Balaban J connectivity index is 3.11. The van der Waals surface area contributed by atoms with E-state index < -0.39 is 5.67 Å². The van der Waals surface area contributed by atoms with E-state index in [9.17, 15) is 9.18 Å². The van der Waals surface area contributed by atoms with Gasteiger partial charge in [-0.3, -0.25) is 4.79 Å². The number of alkyl halides is 1. The fourth-order valence-electron chi connectivity index (χ4n) is 1.05. The second-order valence-electron chi connectivity index (χ2n) is 3.06. The summed E-state index contributed by atoms with van der Waals surface area (Å²) in [5.41, 5.74) is -0.446. The molecule has 2 heteroatoms. The lowest BCUT2D eigenvalue weighted by Gasteiger charge is -2.24. The van der Waals surface area contributed by atoms with Gasteiger partial charge in [0, 0.05) is 0 Å². The van der Waals surface area contributed by atoms with Gasteiger partial charge in [-0.1, -0.05) is 0 Å². The minimum atomic E-state index is -1.42. The van der Waals surface area contributed by atoms with Gasteiger partial charge in [0.25, 0.3) is 0 Å². The number of carbonyl (C=O) groups is 1. The largest absolute Gasteiger partial charge is 0.290 e. The van der Waals surface area contributed by atoms with E-state index in [2.05, 4.69) is 0 Å². The highest BCUT2D eigenvalue weighted by molar-refractivity contribution is 6.02. The van der Waals surface area contributed by atoms with Crippen LogP contribution in [0.15, 0.2) is 23.3 Å². The molecule has 0 atom stereocenters. The van der Waals surface area contributed by atoms with Crippen molar-refractivity contribution in [1.82, 2.24) is 0 Å². The van der Waals surface area contributed by atoms with Crippen molar-refractivity contribution in [1.29, 1.82) is 0 Å². The van der Waals surface area contributed by atoms with Crippen molar-refractivity contribution in [2.24, 2.45) is 0 Å². The zero-order chi connectivity index (χ0) is 8.65. The lowest BCUT2D eigenvalue weighted by molar-refractivity contribution is -0.110. The summed E-state index contributed by atoms with van der Waals surface area (Å²) in [6.07, 6.45) is 2.68. The molecule has 1 aliphatic carbocycles. The molecular weight excluding hydrogens is 143 g/mol. The van der Waals surface area contributed by atoms with Crippen LogP contribution >= 0.6 is 0 Å². The maximum Gasteiger partial charge on any atom is 0.178 e. The molecule has 0 saturated carbocycles. The molecule has 11 heavy (non-hydrogen) atoms. The van der Waals surface area contributed by atoms with Crippen LogP contribution in [0.4, 0.5) is 4.39 Å². The summed E-state index contributed by atoms with van der Waals surface area (Å²) in [6, 6.07) is 0. The van der Waals surface area contributed by atoms with Gasteiger partial charge in [0.2, 0.25) is 0 Å². The maximum absolute atomic E-state index is 13.5. The predicted molar refractivity (Wildman–Crippen MR) is 42.0 cm³/mol. The fraction of sp³-hybridized carbons (Fsp3) is 0.444. The summed E-state index contributed by atoms with van der Waals surface area (Å²) < 4.78 is 13.5. The van der Waals surface area contributed by atoms with Crippen molar-refractivity contribution in [2.45, 2.75) is 26.4 Å². The van der Waals surface area contributed by atoms with Crippen LogP contribution in [0.1, 0.15) is 20.8 Å². The van der Waals surface area contributed by atoms with Gasteiger partial charge in [0.1, 0.15) is 0 Å². The van der Waals surface area contributed by atoms with Crippen LogP contribution in [0.5, 0.6) is 0 Å². The van der Waals surface area contributed by atoms with Crippen molar-refractivity contribution in [3.8, 4) is 0 Å². The highest BCUT2D eigenvalue weighted by atomic mass is 19.1. The molecular formula is C9H11FO. The van der Waals surface area contributed by atoms with E-state index in [1.54, 1.807) is 13.8 Å². The molecule has 1 rings (SSSR count). The second-order valence-corrected chi connectivity index (χ2v) is 3.06. The lowest BCUT2D eigenvalue weighted by Crippen LogP contribution is -2.25. The SMILES string of the molecule is CC1=CC(=O)C=C(C)C1(C)F. The monoisotopic (exact) mass is 154 g/mol. The highest BCUT2D eigenvalue weighted by Crippen LogP contribution is 2.32. The van der Waals surface area contributed by atoms with Crippen molar-refractivity contribution in [3.63, 3.8) is 0 Å². The number of hydrogen-bond donors (Lipinski definition) is 0. The average molecular weight is 154 g/mol. The molecule has 0 heterocycles. The first kappa shape index (κ1) is 8.18. The van der Waals surface area contributed by atoms with Crippen LogP contribution in [-0.2, 0) is 4.79 Å². The van der Waals surface area contributed by atoms with Gasteiger partial charge in [-0.25, -0.2) is 4.39 Å². The molecule has 0 radical (unpaired) electrons. The molecule has 0 aromatic heterocycles. The molecule has 0 bridgehead atoms. The lowest BCUT2D eigenvalue weighted by atomic mass is 9.86. The molecule has 0 aliphatic heterocycles. The molecule has 0 spiro atoms. The Morgan fingerprint density at radius 3 is 2.00 bits per heavy atom. The summed E-state index contributed by atoms with van der Waals surface area (Å²) in [6.45, 7) is 4.74. The van der Waals surface area contributed by atoms with Crippen LogP contribution in [0.2, 0.25) is 0 Å². The summed E-state index contributed by atoms with van der Waals surface area (Å²) in [4.78, 5) is 10.9. The summed E-state index contributed by atoms with van der Waals surface area (Å²) in [5.74, 6) is -0.116. The molecule has 0 amide bonds. The normalized spacial score (nSPS) is 22.7. The Labute approximate surface area is 65.6 Å². The van der Waals surface area contributed by atoms with E-state index in [1.165, 1.54) is 19.1 Å². The predicted octanol–water partition coefficient (Wildman–Crippen LogP) is 2.19. The van der Waals surface area contributed by atoms with Crippen LogP contribution in [0.3, 0.4) is 0 Å². The summed E-state index contributed by atoms with van der Waals surface area (Å²) in [7, 11) is 0. The number of hydrogen-bond acceptors (Lipinski definition) is 1. The number of halogens is 1. The molecule has 0 aromatic rings. The van der Waals surface area contributed by atoms with E-state index in [0.717, 1.165) is 0 Å². The van der Waals surface area contributed by atoms with Crippen molar-refractivity contribution < 1.29 is 9.18 Å². The zero-order valence-electron chi connectivity index (χ0n) is 6.94. The van der Waals surface area contributed by atoms with Gasteiger partial charge in [-0.05, 0) is 44.1 Å². The van der Waals surface area contributed by atoms with Crippen LogP contribution in [0.25, 0.3) is 0 Å². The smallest absolute Gasteiger partial charge is 0.178 e. The molecule has 1 nitrogen and oxygen atoms in total. The highest BCUT2D eigenvalue weighted by Gasteiger charge is 2.31. The van der Waals surface area contributed by atoms with Crippen molar-refractivity contribution >= 4 is 5.78 Å². The maximum atomic E-state index is 13.5. The number of rotatable bonds is 0. The summed E-state index contributed by atoms with van der Waals surface area (Å²) >= 11 is 0. The van der Waals surface area contributed by atoms with Gasteiger partial charge in [-0.15, -0.1) is 0 Å². The molecule has 0 unspecified atom stereocenters.